The number of rotatable bonds is 17. The van der Waals surface area contributed by atoms with Crippen LogP contribution in [0, 0.1) is 0 Å². The lowest BCUT2D eigenvalue weighted by molar-refractivity contribution is -0.270. The molecule has 0 aromatic heterocycles. The summed E-state index contributed by atoms with van der Waals surface area (Å²) < 4.78 is 30.3. The van der Waals surface area contributed by atoms with E-state index in [1.54, 1.807) is 0 Å². The van der Waals surface area contributed by atoms with Crippen molar-refractivity contribution in [3.8, 4) is 0 Å². The van der Waals surface area contributed by atoms with Gasteiger partial charge >= 0.3 is 5.97 Å². The summed E-state index contributed by atoms with van der Waals surface area (Å²) in [6.07, 6.45) is 3.38. The van der Waals surface area contributed by atoms with Crippen LogP contribution in [-0.4, -0.2) is 74.1 Å². The summed E-state index contributed by atoms with van der Waals surface area (Å²) in [6.45, 7) is 11.8. The fraction of sp³-hybridized carbons (Fsp3) is 0.958. The second-order valence-corrected chi connectivity index (χ2v) is 8.32. The average Bonchev–Trinajstić information content (AvgIpc) is 2.74. The van der Waals surface area contributed by atoms with Gasteiger partial charge in [-0.2, -0.15) is 0 Å². The molecule has 0 aromatic carbocycles. The Morgan fingerprint density at radius 1 is 0.613 bits per heavy atom. The van der Waals surface area contributed by atoms with E-state index in [0.29, 0.717) is 26.4 Å². The summed E-state index contributed by atoms with van der Waals surface area (Å²) in [6, 6.07) is 0. The van der Waals surface area contributed by atoms with Crippen LogP contribution in [0.1, 0.15) is 86.0 Å². The molecule has 0 bridgehead atoms. The molecule has 0 amide bonds. The van der Waals surface area contributed by atoms with Crippen molar-refractivity contribution >= 4 is 5.97 Å². The Morgan fingerprint density at radius 3 is 1.29 bits per heavy atom. The van der Waals surface area contributed by atoms with E-state index in [1.165, 1.54) is 6.92 Å². The number of hydrogen-bond acceptors (Lipinski definition) is 7. The molecule has 0 radical (unpaired) electrons. The first-order valence-corrected chi connectivity index (χ1v) is 12.3. The summed E-state index contributed by atoms with van der Waals surface area (Å²) in [4.78, 5) is 11.9. The Kier molecular flexibility index (Phi) is 15.4. The van der Waals surface area contributed by atoms with Crippen LogP contribution in [0.25, 0.3) is 0 Å². The first kappa shape index (κ1) is 28.3. The van der Waals surface area contributed by atoms with Gasteiger partial charge in [0.25, 0.3) is 0 Å². The van der Waals surface area contributed by atoms with E-state index < -0.39 is 42.6 Å². The third-order valence-corrected chi connectivity index (χ3v) is 5.50. The maximum Gasteiger partial charge on any atom is 0.303 e. The first-order chi connectivity index (χ1) is 15.0. The van der Waals surface area contributed by atoms with Gasteiger partial charge in [-0.25, -0.2) is 0 Å². The molecule has 184 valence electrons. The summed E-state index contributed by atoms with van der Waals surface area (Å²) in [5, 5.41) is 11.2. The molecule has 1 fully saturated rings. The monoisotopic (exact) mass is 446 g/mol. The zero-order valence-corrected chi connectivity index (χ0v) is 20.3. The quantitative estimate of drug-likeness (QED) is 0.267. The molecule has 31 heavy (non-hydrogen) atoms. The van der Waals surface area contributed by atoms with Crippen molar-refractivity contribution in [3.05, 3.63) is 0 Å². The van der Waals surface area contributed by atoms with Crippen molar-refractivity contribution in [2.75, 3.05) is 26.4 Å². The van der Waals surface area contributed by atoms with Crippen molar-refractivity contribution in [3.63, 3.8) is 0 Å². The van der Waals surface area contributed by atoms with Crippen molar-refractivity contribution in [2.24, 2.45) is 0 Å². The third kappa shape index (κ3) is 9.74. The number of aliphatic hydroxyl groups is 1. The summed E-state index contributed by atoms with van der Waals surface area (Å²) in [7, 11) is 0. The van der Waals surface area contributed by atoms with Crippen LogP contribution >= 0.6 is 0 Å². The lowest BCUT2D eigenvalue weighted by Crippen LogP contribution is -2.67. The van der Waals surface area contributed by atoms with E-state index >= 15 is 0 Å². The second-order valence-electron chi connectivity index (χ2n) is 8.32. The number of hydrogen-bond donors (Lipinski definition) is 1. The largest absolute Gasteiger partial charge is 0.457 e. The Balaban J connectivity index is 3.20. The van der Waals surface area contributed by atoms with Gasteiger partial charge in [-0.1, -0.05) is 53.4 Å². The van der Waals surface area contributed by atoms with Crippen LogP contribution in [0.4, 0.5) is 0 Å². The molecule has 0 aliphatic heterocycles. The van der Waals surface area contributed by atoms with Crippen molar-refractivity contribution in [2.45, 2.75) is 123 Å². The molecule has 0 heterocycles. The molecule has 4 unspecified atom stereocenters. The highest BCUT2D eigenvalue weighted by Crippen LogP contribution is 2.33. The molecule has 7 nitrogen and oxygen atoms in total. The zero-order valence-electron chi connectivity index (χ0n) is 20.3. The number of carbonyl (C=O) groups is 1. The minimum Gasteiger partial charge on any atom is -0.457 e. The van der Waals surface area contributed by atoms with Crippen molar-refractivity contribution in [1.29, 1.82) is 0 Å². The van der Waals surface area contributed by atoms with E-state index in [2.05, 4.69) is 27.7 Å². The molecule has 1 aliphatic rings. The minimum absolute atomic E-state index is 0.460. The highest BCUT2D eigenvalue weighted by Gasteiger charge is 2.54. The fourth-order valence-electron chi connectivity index (χ4n) is 3.68. The normalized spacial score (nSPS) is 28.6. The molecule has 0 saturated heterocycles. The summed E-state index contributed by atoms with van der Waals surface area (Å²) in [5.74, 6) is -0.460. The fourth-order valence-corrected chi connectivity index (χ4v) is 3.68. The maximum atomic E-state index is 11.9. The standard InChI is InChI=1S/C24H46O7/c1-6-10-14-27-20-19(26)21(31-18(5)25)23(29-16-12-8-3)24(30-17-13-9-4)22(20)28-15-11-7-2/h19-24,26H,6-17H2,1-5H3/t19-,20?,21?,22?,23?,24+/m1/s1. The Morgan fingerprint density at radius 2 is 0.935 bits per heavy atom. The summed E-state index contributed by atoms with van der Waals surface area (Å²) >= 11 is 0. The lowest BCUT2D eigenvalue weighted by atomic mass is 9.83. The smallest absolute Gasteiger partial charge is 0.303 e. The van der Waals surface area contributed by atoms with Gasteiger partial charge in [0.15, 0.2) is 6.10 Å². The molecule has 1 saturated carbocycles. The molecule has 6 atom stereocenters. The Bertz CT molecular complexity index is 459. The minimum atomic E-state index is -1.05. The van der Waals surface area contributed by atoms with Crippen molar-refractivity contribution in [1.82, 2.24) is 0 Å². The Hall–Kier alpha value is -0.730. The molecular weight excluding hydrogens is 400 g/mol. The highest BCUT2D eigenvalue weighted by atomic mass is 16.6. The van der Waals surface area contributed by atoms with Crippen LogP contribution in [0.15, 0.2) is 0 Å². The van der Waals surface area contributed by atoms with Crippen molar-refractivity contribution < 1.29 is 33.6 Å². The molecule has 1 aliphatic carbocycles. The molecular formula is C24H46O7. The van der Waals surface area contributed by atoms with Crippen LogP contribution in [0.5, 0.6) is 0 Å². The highest BCUT2D eigenvalue weighted by molar-refractivity contribution is 5.66. The first-order valence-electron chi connectivity index (χ1n) is 12.3. The molecule has 0 aromatic rings. The number of carbonyl (C=O) groups excluding carboxylic acids is 1. The third-order valence-electron chi connectivity index (χ3n) is 5.50. The van der Waals surface area contributed by atoms with E-state index in [9.17, 15) is 9.90 Å². The Labute approximate surface area is 189 Å². The number of esters is 1. The van der Waals surface area contributed by atoms with E-state index in [4.69, 9.17) is 23.7 Å². The maximum absolute atomic E-state index is 11.9. The predicted octanol–water partition coefficient (Wildman–Crippen LogP) is 4.03. The van der Waals surface area contributed by atoms with Crippen LogP contribution in [0.3, 0.4) is 0 Å². The van der Waals surface area contributed by atoms with Gasteiger partial charge in [-0.05, 0) is 25.7 Å². The van der Waals surface area contributed by atoms with Gasteiger partial charge < -0.3 is 28.8 Å². The topological polar surface area (TPSA) is 83.5 Å². The van der Waals surface area contributed by atoms with Gasteiger partial charge in [0, 0.05) is 33.4 Å². The van der Waals surface area contributed by atoms with E-state index in [-0.39, 0.29) is 0 Å². The van der Waals surface area contributed by atoms with E-state index in [1.807, 2.05) is 0 Å². The van der Waals surface area contributed by atoms with Gasteiger partial charge in [0.2, 0.25) is 0 Å². The number of ether oxygens (including phenoxy) is 5. The van der Waals surface area contributed by atoms with Gasteiger partial charge in [0.1, 0.15) is 30.5 Å². The molecule has 1 rings (SSSR count). The summed E-state index contributed by atoms with van der Waals surface area (Å²) in [5.41, 5.74) is 0. The predicted molar refractivity (Wildman–Crippen MR) is 120 cm³/mol. The molecule has 7 heteroatoms. The lowest BCUT2D eigenvalue weighted by Gasteiger charge is -2.48. The van der Waals surface area contributed by atoms with Gasteiger partial charge in [0.05, 0.1) is 0 Å². The average molecular weight is 447 g/mol. The van der Waals surface area contributed by atoms with Crippen LogP contribution in [-0.2, 0) is 28.5 Å². The number of aliphatic hydroxyl groups excluding tert-OH is 1. The van der Waals surface area contributed by atoms with Gasteiger partial charge in [-0.3, -0.25) is 4.79 Å². The second kappa shape index (κ2) is 16.8. The van der Waals surface area contributed by atoms with E-state index in [0.717, 1.165) is 51.4 Å². The zero-order chi connectivity index (χ0) is 23.1. The van der Waals surface area contributed by atoms with Crippen LogP contribution in [0.2, 0.25) is 0 Å². The number of unbranched alkanes of at least 4 members (excludes halogenated alkanes) is 4. The molecule has 1 N–H and O–H groups in total. The van der Waals surface area contributed by atoms with Gasteiger partial charge in [-0.15, -0.1) is 0 Å². The SMILES string of the molecule is CCCCOC1C(OCCCC)[C@H](OCCCC)C(OCCCC)C(OC(C)=O)[C@@H]1O. The van der Waals surface area contributed by atoms with Crippen LogP contribution < -0.4 is 0 Å². The molecule has 0 spiro atoms.